The predicted molar refractivity (Wildman–Crippen MR) is 98.3 cm³/mol. The molecule has 1 aromatic rings. The van der Waals surface area contributed by atoms with Gasteiger partial charge in [0.25, 0.3) is 0 Å². The molecule has 5 nitrogen and oxygen atoms in total. The van der Waals surface area contributed by atoms with E-state index in [1.165, 1.54) is 11.5 Å². The molecule has 0 bridgehead atoms. The van der Waals surface area contributed by atoms with Gasteiger partial charge in [-0.2, -0.15) is 11.8 Å². The number of hydrogen-bond acceptors (Lipinski definition) is 5. The molecule has 0 unspecified atom stereocenters. The van der Waals surface area contributed by atoms with Gasteiger partial charge in [-0.15, -0.1) is 0 Å². The van der Waals surface area contributed by atoms with Crippen molar-refractivity contribution < 1.29 is 9.53 Å². The minimum absolute atomic E-state index is 0.0923. The zero-order valence-corrected chi connectivity index (χ0v) is 15.5. The van der Waals surface area contributed by atoms with Crippen molar-refractivity contribution in [2.45, 2.75) is 19.3 Å². The quantitative estimate of drug-likeness (QED) is 0.842. The number of aromatic nitrogens is 1. The number of thioether (sulfide) groups is 1. The van der Waals surface area contributed by atoms with Crippen molar-refractivity contribution in [3.63, 3.8) is 0 Å². The van der Waals surface area contributed by atoms with E-state index >= 15 is 0 Å². The van der Waals surface area contributed by atoms with Gasteiger partial charge in [-0.1, -0.05) is 0 Å². The summed E-state index contributed by atoms with van der Waals surface area (Å²) in [5, 5.41) is 2.98. The van der Waals surface area contributed by atoms with Gasteiger partial charge in [-0.05, 0) is 52.3 Å². The fourth-order valence-electron chi connectivity index (χ4n) is 2.93. The number of pyridine rings is 1. The van der Waals surface area contributed by atoms with E-state index in [1.807, 2.05) is 17.8 Å². The molecule has 0 aliphatic carbocycles. The van der Waals surface area contributed by atoms with Gasteiger partial charge in [-0.25, -0.2) is 4.98 Å². The van der Waals surface area contributed by atoms with Crippen molar-refractivity contribution in [3.8, 4) is 0 Å². The van der Waals surface area contributed by atoms with Crippen molar-refractivity contribution in [2.75, 3.05) is 48.0 Å². The topological polar surface area (TPSA) is 54.5 Å². The Morgan fingerprint density at radius 2 is 2.13 bits per heavy atom. The summed E-state index contributed by atoms with van der Waals surface area (Å²) in [6, 6.07) is 1.94. The summed E-state index contributed by atoms with van der Waals surface area (Å²) in [7, 11) is 0. The van der Waals surface area contributed by atoms with Crippen molar-refractivity contribution in [3.05, 3.63) is 16.7 Å². The molecule has 3 heterocycles. The van der Waals surface area contributed by atoms with Crippen LogP contribution in [0.25, 0.3) is 0 Å². The Morgan fingerprint density at radius 3 is 2.83 bits per heavy atom. The molecule has 0 radical (unpaired) electrons. The monoisotopic (exact) mass is 399 g/mol. The fraction of sp³-hybridized carbons (Fsp3) is 0.625. The molecule has 2 saturated heterocycles. The van der Waals surface area contributed by atoms with Crippen molar-refractivity contribution >= 4 is 45.1 Å². The molecule has 2 fully saturated rings. The highest BCUT2D eigenvalue weighted by atomic mass is 79.9. The first-order chi connectivity index (χ1) is 11.2. The van der Waals surface area contributed by atoms with Gasteiger partial charge < -0.3 is 15.0 Å². The van der Waals surface area contributed by atoms with E-state index in [9.17, 15) is 4.79 Å². The number of nitrogens with zero attached hydrogens (tertiary/aromatic N) is 2. The van der Waals surface area contributed by atoms with Gasteiger partial charge >= 0.3 is 0 Å². The Bertz CT molecular complexity index is 546. The second-order valence-corrected chi connectivity index (χ2v) is 8.02. The smallest absolute Gasteiger partial charge is 0.224 e. The van der Waals surface area contributed by atoms with Crippen LogP contribution in [0.4, 0.5) is 11.5 Å². The van der Waals surface area contributed by atoms with Gasteiger partial charge in [0.15, 0.2) is 0 Å². The number of rotatable bonds is 4. The molecule has 126 valence electrons. The normalized spacial score (nSPS) is 19.6. The number of hydrogen-bond donors (Lipinski definition) is 1. The van der Waals surface area contributed by atoms with Crippen LogP contribution in [0.1, 0.15) is 19.3 Å². The number of carbonyl (C=O) groups excluding carboxylic acids is 1. The fourth-order valence-corrected chi connectivity index (χ4v) is 4.74. The third-order valence-corrected chi connectivity index (χ3v) is 5.86. The zero-order chi connectivity index (χ0) is 16.1. The van der Waals surface area contributed by atoms with Gasteiger partial charge in [0.2, 0.25) is 5.91 Å². The molecule has 7 heteroatoms. The highest BCUT2D eigenvalue weighted by molar-refractivity contribution is 9.10. The van der Waals surface area contributed by atoms with Crippen LogP contribution in [0.5, 0.6) is 0 Å². The summed E-state index contributed by atoms with van der Waals surface area (Å²) >= 11 is 5.56. The first-order valence-electron chi connectivity index (χ1n) is 8.08. The van der Waals surface area contributed by atoms with E-state index in [0.717, 1.165) is 55.1 Å². The lowest BCUT2D eigenvalue weighted by atomic mass is 9.98. The average Bonchev–Trinajstić information content (AvgIpc) is 2.56. The molecule has 2 aliphatic heterocycles. The SMILES string of the molecule is O=C(CC1CCSCC1)Nc1cnc(N2CCOCC2)c(Br)c1. The maximum atomic E-state index is 12.2. The van der Waals surface area contributed by atoms with Gasteiger partial charge in [-0.3, -0.25) is 4.79 Å². The van der Waals surface area contributed by atoms with Crippen LogP contribution in [-0.2, 0) is 9.53 Å². The van der Waals surface area contributed by atoms with Crippen LogP contribution in [-0.4, -0.2) is 48.7 Å². The van der Waals surface area contributed by atoms with Crippen LogP contribution in [0, 0.1) is 5.92 Å². The van der Waals surface area contributed by atoms with Gasteiger partial charge in [0, 0.05) is 19.5 Å². The van der Waals surface area contributed by atoms with E-state index in [-0.39, 0.29) is 5.91 Å². The third-order valence-electron chi connectivity index (χ3n) is 4.23. The van der Waals surface area contributed by atoms with Crippen molar-refractivity contribution in [1.29, 1.82) is 0 Å². The van der Waals surface area contributed by atoms with Crippen LogP contribution in [0.2, 0.25) is 0 Å². The molecule has 1 amide bonds. The maximum absolute atomic E-state index is 12.2. The molecule has 0 aromatic carbocycles. The zero-order valence-electron chi connectivity index (χ0n) is 13.1. The second kappa shape index (κ2) is 8.35. The predicted octanol–water partition coefficient (Wildman–Crippen LogP) is 3.15. The largest absolute Gasteiger partial charge is 0.378 e. The van der Waals surface area contributed by atoms with E-state index in [1.54, 1.807) is 6.20 Å². The van der Waals surface area contributed by atoms with E-state index in [4.69, 9.17) is 4.74 Å². The number of anilines is 2. The number of halogens is 1. The maximum Gasteiger partial charge on any atom is 0.224 e. The molecular weight excluding hydrogens is 378 g/mol. The number of ether oxygens (including phenoxy) is 1. The van der Waals surface area contributed by atoms with Crippen LogP contribution in [0.15, 0.2) is 16.7 Å². The summed E-state index contributed by atoms with van der Waals surface area (Å²) in [5.74, 6) is 3.89. The van der Waals surface area contributed by atoms with E-state index < -0.39 is 0 Å². The molecule has 3 rings (SSSR count). The van der Waals surface area contributed by atoms with E-state index in [0.29, 0.717) is 12.3 Å². The van der Waals surface area contributed by atoms with Gasteiger partial charge in [0.05, 0.1) is 29.6 Å². The molecule has 1 aromatic heterocycles. The average molecular weight is 400 g/mol. The summed E-state index contributed by atoms with van der Waals surface area (Å²) in [4.78, 5) is 18.9. The standard InChI is InChI=1S/C16H22BrN3O2S/c17-14-10-13(11-18-16(14)20-3-5-22-6-4-20)19-15(21)9-12-1-7-23-8-2-12/h10-12H,1-9H2,(H,19,21). The summed E-state index contributed by atoms with van der Waals surface area (Å²) in [5.41, 5.74) is 0.754. The van der Waals surface area contributed by atoms with Gasteiger partial charge in [0.1, 0.15) is 5.82 Å². The number of carbonyl (C=O) groups is 1. The second-order valence-electron chi connectivity index (χ2n) is 5.94. The molecule has 0 atom stereocenters. The summed E-state index contributed by atoms with van der Waals surface area (Å²) in [6.45, 7) is 3.15. The Morgan fingerprint density at radius 1 is 1.39 bits per heavy atom. The highest BCUT2D eigenvalue weighted by Gasteiger charge is 2.19. The minimum Gasteiger partial charge on any atom is -0.378 e. The molecule has 23 heavy (non-hydrogen) atoms. The molecule has 0 spiro atoms. The number of nitrogens with one attached hydrogen (secondary N) is 1. The van der Waals surface area contributed by atoms with Crippen molar-refractivity contribution in [2.24, 2.45) is 5.92 Å². The third kappa shape index (κ3) is 4.84. The Kier molecular flexibility index (Phi) is 6.19. The van der Waals surface area contributed by atoms with Crippen molar-refractivity contribution in [1.82, 2.24) is 4.98 Å². The molecule has 2 aliphatic rings. The Labute approximate surface area is 149 Å². The van der Waals surface area contributed by atoms with E-state index in [2.05, 4.69) is 31.1 Å². The molecule has 1 N–H and O–H groups in total. The first-order valence-corrected chi connectivity index (χ1v) is 10.0. The number of morpholine rings is 1. The van der Waals surface area contributed by atoms with Crippen LogP contribution < -0.4 is 10.2 Å². The lowest BCUT2D eigenvalue weighted by Gasteiger charge is -2.28. The van der Waals surface area contributed by atoms with Crippen LogP contribution in [0.3, 0.4) is 0 Å². The lowest BCUT2D eigenvalue weighted by molar-refractivity contribution is -0.117. The minimum atomic E-state index is 0.0923. The Hall–Kier alpha value is -0.790. The first kappa shape index (κ1) is 17.0. The van der Waals surface area contributed by atoms with Crippen LogP contribution >= 0.6 is 27.7 Å². The summed E-state index contributed by atoms with van der Waals surface area (Å²) in [6.07, 6.45) is 4.65. The summed E-state index contributed by atoms with van der Waals surface area (Å²) < 4.78 is 6.27. The highest BCUT2D eigenvalue weighted by Crippen LogP contribution is 2.28. The molecule has 0 saturated carbocycles. The number of amides is 1. The Balaban J connectivity index is 1.57. The lowest BCUT2D eigenvalue weighted by Crippen LogP contribution is -2.37. The molecular formula is C16H22BrN3O2S.